The van der Waals surface area contributed by atoms with Crippen LogP contribution in [0.1, 0.15) is 15.9 Å². The average Bonchev–Trinajstić information content (AvgIpc) is 2.83. The second kappa shape index (κ2) is 4.96. The van der Waals surface area contributed by atoms with Gasteiger partial charge < -0.3 is 10.7 Å². The van der Waals surface area contributed by atoms with Gasteiger partial charge >= 0.3 is 0 Å². The Morgan fingerprint density at radius 3 is 2.75 bits per heavy atom. The largest absolute Gasteiger partial charge is 0.398 e. The molecule has 0 saturated carbocycles. The summed E-state index contributed by atoms with van der Waals surface area (Å²) in [5, 5.41) is 1.34. The monoisotopic (exact) mass is 348 g/mol. The lowest BCUT2D eigenvalue weighted by molar-refractivity contribution is 0.104. The minimum Gasteiger partial charge on any atom is -0.398 e. The Hall–Kier alpha value is -1.78. The molecule has 5 heteroatoms. The van der Waals surface area contributed by atoms with Crippen molar-refractivity contribution in [3.8, 4) is 0 Å². The number of aromatic nitrogens is 1. The molecule has 0 aliphatic carbocycles. The molecule has 0 radical (unpaired) electrons. The van der Waals surface area contributed by atoms with Crippen molar-refractivity contribution in [3.63, 3.8) is 0 Å². The van der Waals surface area contributed by atoms with Crippen LogP contribution in [0.4, 0.5) is 5.69 Å². The zero-order valence-corrected chi connectivity index (χ0v) is 12.6. The Kier molecular flexibility index (Phi) is 3.28. The van der Waals surface area contributed by atoms with Crippen LogP contribution in [0.15, 0.2) is 47.1 Å². The summed E-state index contributed by atoms with van der Waals surface area (Å²) in [5.41, 5.74) is 8.19. The zero-order chi connectivity index (χ0) is 14.3. The fourth-order valence-electron chi connectivity index (χ4n) is 2.15. The first-order valence-corrected chi connectivity index (χ1v) is 7.10. The van der Waals surface area contributed by atoms with E-state index in [0.29, 0.717) is 21.8 Å². The smallest absolute Gasteiger partial charge is 0.197 e. The molecular formula is C15H10BrClN2O. The van der Waals surface area contributed by atoms with E-state index in [4.69, 9.17) is 17.3 Å². The number of H-pyrrole nitrogens is 1. The zero-order valence-electron chi connectivity index (χ0n) is 10.3. The van der Waals surface area contributed by atoms with Gasteiger partial charge in [0, 0.05) is 43.4 Å². The van der Waals surface area contributed by atoms with E-state index >= 15 is 0 Å². The molecule has 3 rings (SSSR count). The quantitative estimate of drug-likeness (QED) is 0.532. The highest BCUT2D eigenvalue weighted by atomic mass is 79.9. The molecule has 2 aromatic carbocycles. The Morgan fingerprint density at radius 1 is 1.15 bits per heavy atom. The molecular weight excluding hydrogens is 340 g/mol. The second-order valence-electron chi connectivity index (χ2n) is 4.45. The second-order valence-corrected chi connectivity index (χ2v) is 5.81. The van der Waals surface area contributed by atoms with Gasteiger partial charge in [-0.1, -0.05) is 27.5 Å². The van der Waals surface area contributed by atoms with E-state index in [0.717, 1.165) is 15.4 Å². The number of nitrogen functional groups attached to an aromatic ring is 1. The highest BCUT2D eigenvalue weighted by Gasteiger charge is 2.17. The normalized spacial score (nSPS) is 10.9. The maximum absolute atomic E-state index is 12.6. The third kappa shape index (κ3) is 2.21. The first kappa shape index (κ1) is 13.2. The standard InChI is InChI=1S/C15H10BrClN2O/c16-8-1-4-14-10(5-8)12(7-19-14)15(20)11-6-9(17)2-3-13(11)18/h1-7,19H,18H2. The van der Waals surface area contributed by atoms with Crippen LogP contribution < -0.4 is 5.73 Å². The van der Waals surface area contributed by atoms with Crippen molar-refractivity contribution < 1.29 is 4.79 Å². The Balaban J connectivity index is 2.17. The number of hydrogen-bond donors (Lipinski definition) is 2. The fraction of sp³-hybridized carbons (Fsp3) is 0. The third-order valence-corrected chi connectivity index (χ3v) is 3.88. The van der Waals surface area contributed by atoms with Crippen LogP contribution in [-0.4, -0.2) is 10.8 Å². The van der Waals surface area contributed by atoms with Crippen LogP contribution in [0.2, 0.25) is 5.02 Å². The molecule has 0 atom stereocenters. The van der Waals surface area contributed by atoms with E-state index in [2.05, 4.69) is 20.9 Å². The van der Waals surface area contributed by atoms with E-state index in [1.165, 1.54) is 0 Å². The van der Waals surface area contributed by atoms with Crippen molar-refractivity contribution in [3.05, 3.63) is 63.2 Å². The van der Waals surface area contributed by atoms with Gasteiger partial charge in [-0.25, -0.2) is 0 Å². The molecule has 0 amide bonds. The van der Waals surface area contributed by atoms with Crippen LogP contribution in [0, 0.1) is 0 Å². The van der Waals surface area contributed by atoms with Gasteiger partial charge in [-0.15, -0.1) is 0 Å². The van der Waals surface area contributed by atoms with Crippen molar-refractivity contribution in [2.24, 2.45) is 0 Å². The van der Waals surface area contributed by atoms with Crippen LogP contribution in [0.5, 0.6) is 0 Å². The molecule has 1 heterocycles. The lowest BCUT2D eigenvalue weighted by atomic mass is 10.0. The summed E-state index contributed by atoms with van der Waals surface area (Å²) in [7, 11) is 0. The van der Waals surface area contributed by atoms with Crippen LogP contribution in [0.3, 0.4) is 0 Å². The first-order chi connectivity index (χ1) is 9.56. The molecule has 0 saturated heterocycles. The average molecular weight is 350 g/mol. The van der Waals surface area contributed by atoms with Gasteiger partial charge in [0.1, 0.15) is 0 Å². The molecule has 0 fully saturated rings. The van der Waals surface area contributed by atoms with Gasteiger partial charge in [-0.3, -0.25) is 4.79 Å². The number of benzene rings is 2. The van der Waals surface area contributed by atoms with Crippen LogP contribution in [0.25, 0.3) is 10.9 Å². The molecule has 0 unspecified atom stereocenters. The lowest BCUT2D eigenvalue weighted by Crippen LogP contribution is -2.04. The highest BCUT2D eigenvalue weighted by molar-refractivity contribution is 9.10. The number of anilines is 1. The van der Waals surface area contributed by atoms with Crippen molar-refractivity contribution >= 4 is 49.9 Å². The number of nitrogens with one attached hydrogen (secondary N) is 1. The summed E-state index contributed by atoms with van der Waals surface area (Å²) in [6.45, 7) is 0. The summed E-state index contributed by atoms with van der Waals surface area (Å²) >= 11 is 9.35. The van der Waals surface area contributed by atoms with E-state index in [9.17, 15) is 4.79 Å². The number of nitrogens with two attached hydrogens (primary N) is 1. The molecule has 3 N–H and O–H groups in total. The van der Waals surface area contributed by atoms with E-state index < -0.39 is 0 Å². The van der Waals surface area contributed by atoms with Crippen molar-refractivity contribution in [1.82, 2.24) is 4.98 Å². The SMILES string of the molecule is Nc1ccc(Cl)cc1C(=O)c1c[nH]c2ccc(Br)cc12. The fourth-order valence-corrected chi connectivity index (χ4v) is 2.68. The molecule has 100 valence electrons. The Morgan fingerprint density at radius 2 is 1.95 bits per heavy atom. The number of carbonyl (C=O) groups is 1. The summed E-state index contributed by atoms with van der Waals surface area (Å²) < 4.78 is 0.915. The van der Waals surface area contributed by atoms with E-state index in [1.807, 2.05) is 18.2 Å². The van der Waals surface area contributed by atoms with Gasteiger partial charge in [0.25, 0.3) is 0 Å². The Bertz CT molecular complexity index is 826. The summed E-state index contributed by atoms with van der Waals surface area (Å²) in [5.74, 6) is -0.144. The summed E-state index contributed by atoms with van der Waals surface area (Å²) in [6, 6.07) is 10.6. The van der Waals surface area contributed by atoms with Gasteiger partial charge in [0.2, 0.25) is 0 Å². The van der Waals surface area contributed by atoms with Gasteiger partial charge in [0.05, 0.1) is 0 Å². The van der Waals surface area contributed by atoms with E-state index in [-0.39, 0.29) is 5.78 Å². The lowest BCUT2D eigenvalue weighted by Gasteiger charge is -2.05. The third-order valence-electron chi connectivity index (χ3n) is 3.15. The molecule has 0 spiro atoms. The topological polar surface area (TPSA) is 58.9 Å². The van der Waals surface area contributed by atoms with Crippen molar-refractivity contribution in [1.29, 1.82) is 0 Å². The maximum atomic E-state index is 12.6. The van der Waals surface area contributed by atoms with Crippen LogP contribution >= 0.6 is 27.5 Å². The van der Waals surface area contributed by atoms with E-state index in [1.54, 1.807) is 24.4 Å². The first-order valence-electron chi connectivity index (χ1n) is 5.92. The molecule has 0 bridgehead atoms. The number of hydrogen-bond acceptors (Lipinski definition) is 2. The number of aromatic amines is 1. The number of halogens is 2. The predicted octanol–water partition coefficient (Wildman–Crippen LogP) is 4.40. The molecule has 1 aromatic heterocycles. The number of fused-ring (bicyclic) bond motifs is 1. The molecule has 3 aromatic rings. The number of rotatable bonds is 2. The van der Waals surface area contributed by atoms with Gasteiger partial charge in [-0.2, -0.15) is 0 Å². The van der Waals surface area contributed by atoms with Crippen LogP contribution in [-0.2, 0) is 0 Å². The molecule has 0 aliphatic heterocycles. The molecule has 0 aliphatic rings. The molecule has 3 nitrogen and oxygen atoms in total. The summed E-state index contributed by atoms with van der Waals surface area (Å²) in [6.07, 6.45) is 1.69. The van der Waals surface area contributed by atoms with Gasteiger partial charge in [0.15, 0.2) is 5.78 Å². The molecule has 20 heavy (non-hydrogen) atoms. The highest BCUT2D eigenvalue weighted by Crippen LogP contribution is 2.27. The minimum absolute atomic E-state index is 0.144. The Labute approximate surface area is 128 Å². The number of carbonyl (C=O) groups excluding carboxylic acids is 1. The van der Waals surface area contributed by atoms with Crippen molar-refractivity contribution in [2.45, 2.75) is 0 Å². The maximum Gasteiger partial charge on any atom is 0.197 e. The minimum atomic E-state index is -0.144. The van der Waals surface area contributed by atoms with Crippen molar-refractivity contribution in [2.75, 3.05) is 5.73 Å². The number of ketones is 1. The summed E-state index contributed by atoms with van der Waals surface area (Å²) in [4.78, 5) is 15.7. The predicted molar refractivity (Wildman–Crippen MR) is 85.3 cm³/mol. The van der Waals surface area contributed by atoms with Gasteiger partial charge in [-0.05, 0) is 36.4 Å².